The summed E-state index contributed by atoms with van der Waals surface area (Å²) in [6.45, 7) is 5.10. The fourth-order valence-corrected chi connectivity index (χ4v) is 3.11. The molecule has 0 saturated carbocycles. The maximum atomic E-state index is 5.86. The number of nitrogens with zero attached hydrogens (tertiary/aromatic N) is 1. The van der Waals surface area contributed by atoms with Crippen LogP contribution in [0.1, 0.15) is 44.6 Å². The third-order valence-electron chi connectivity index (χ3n) is 4.80. The van der Waals surface area contributed by atoms with Crippen LogP contribution < -0.4 is 4.74 Å². The van der Waals surface area contributed by atoms with Crippen LogP contribution in [0.2, 0.25) is 0 Å². The average Bonchev–Trinajstić information content (AvgIpc) is 2.72. The monoisotopic (exact) mass is 359 g/mol. The SMILES string of the molecule is CCCCCCCOc1ccc(-c2ccc(-c3ccc(C)cn3)cc2)cc1. The third-order valence-corrected chi connectivity index (χ3v) is 4.80. The van der Waals surface area contributed by atoms with Crippen molar-refractivity contribution in [3.05, 3.63) is 72.4 Å². The molecule has 2 nitrogen and oxygen atoms in total. The molecule has 0 saturated heterocycles. The van der Waals surface area contributed by atoms with Crippen molar-refractivity contribution >= 4 is 0 Å². The highest BCUT2D eigenvalue weighted by atomic mass is 16.5. The summed E-state index contributed by atoms with van der Waals surface area (Å²) >= 11 is 0. The summed E-state index contributed by atoms with van der Waals surface area (Å²) in [7, 11) is 0. The van der Waals surface area contributed by atoms with Crippen LogP contribution >= 0.6 is 0 Å². The summed E-state index contributed by atoms with van der Waals surface area (Å²) in [4.78, 5) is 4.50. The van der Waals surface area contributed by atoms with Gasteiger partial charge in [-0.25, -0.2) is 0 Å². The number of aromatic nitrogens is 1. The van der Waals surface area contributed by atoms with E-state index in [9.17, 15) is 0 Å². The Labute approximate surface area is 163 Å². The summed E-state index contributed by atoms with van der Waals surface area (Å²) in [6.07, 6.45) is 8.22. The van der Waals surface area contributed by atoms with E-state index in [0.29, 0.717) is 0 Å². The second-order valence-electron chi connectivity index (χ2n) is 7.09. The zero-order chi connectivity index (χ0) is 18.9. The quantitative estimate of drug-likeness (QED) is 0.381. The third kappa shape index (κ3) is 5.68. The van der Waals surface area contributed by atoms with Crippen molar-refractivity contribution < 1.29 is 4.74 Å². The standard InChI is InChI=1S/C25H29NO/c1-3-4-5-6-7-18-27-24-15-13-22(14-16-24)21-9-11-23(12-10-21)25-17-8-20(2)19-26-25/h8-17,19H,3-7,18H2,1-2H3. The molecule has 140 valence electrons. The Hall–Kier alpha value is -2.61. The minimum Gasteiger partial charge on any atom is -0.494 e. The Morgan fingerprint density at radius 1 is 0.704 bits per heavy atom. The number of aryl methyl sites for hydroxylation is 1. The first-order valence-corrected chi connectivity index (χ1v) is 10.0. The Morgan fingerprint density at radius 2 is 1.33 bits per heavy atom. The first-order chi connectivity index (χ1) is 13.3. The van der Waals surface area contributed by atoms with Gasteiger partial charge < -0.3 is 4.74 Å². The number of unbranched alkanes of at least 4 members (excludes halogenated alkanes) is 4. The zero-order valence-corrected chi connectivity index (χ0v) is 16.4. The highest BCUT2D eigenvalue weighted by Gasteiger charge is 2.02. The second kappa shape index (κ2) is 9.91. The number of ether oxygens (including phenoxy) is 1. The highest BCUT2D eigenvalue weighted by Crippen LogP contribution is 2.25. The van der Waals surface area contributed by atoms with Gasteiger partial charge in [0.1, 0.15) is 5.75 Å². The van der Waals surface area contributed by atoms with Gasteiger partial charge in [-0.2, -0.15) is 0 Å². The van der Waals surface area contributed by atoms with E-state index in [4.69, 9.17) is 4.74 Å². The van der Waals surface area contributed by atoms with Gasteiger partial charge in [0.2, 0.25) is 0 Å². The predicted molar refractivity (Wildman–Crippen MR) is 114 cm³/mol. The first-order valence-electron chi connectivity index (χ1n) is 10.0. The molecule has 2 heteroatoms. The lowest BCUT2D eigenvalue weighted by atomic mass is 10.0. The van der Waals surface area contributed by atoms with Crippen LogP contribution in [0.4, 0.5) is 0 Å². The lowest BCUT2D eigenvalue weighted by Gasteiger charge is -2.08. The van der Waals surface area contributed by atoms with E-state index in [1.807, 2.05) is 6.20 Å². The van der Waals surface area contributed by atoms with E-state index in [1.54, 1.807) is 0 Å². The van der Waals surface area contributed by atoms with Gasteiger partial charge >= 0.3 is 0 Å². The van der Waals surface area contributed by atoms with Gasteiger partial charge in [0.05, 0.1) is 12.3 Å². The Balaban J connectivity index is 1.56. The van der Waals surface area contributed by atoms with Gasteiger partial charge in [0.15, 0.2) is 0 Å². The molecule has 0 aliphatic rings. The number of benzene rings is 2. The molecule has 0 fully saturated rings. The molecule has 2 aromatic carbocycles. The van der Waals surface area contributed by atoms with Gasteiger partial charge in [-0.05, 0) is 48.2 Å². The molecule has 0 unspecified atom stereocenters. The molecule has 0 bridgehead atoms. The molecule has 27 heavy (non-hydrogen) atoms. The van der Waals surface area contributed by atoms with Crippen LogP contribution in [0.5, 0.6) is 5.75 Å². The molecule has 0 aliphatic carbocycles. The summed E-state index contributed by atoms with van der Waals surface area (Å²) in [5, 5.41) is 0. The molecule has 3 rings (SSSR count). The number of rotatable bonds is 9. The van der Waals surface area contributed by atoms with E-state index < -0.39 is 0 Å². The number of hydrogen-bond acceptors (Lipinski definition) is 2. The Kier molecular flexibility index (Phi) is 7.04. The van der Waals surface area contributed by atoms with Gasteiger partial charge in [0.25, 0.3) is 0 Å². The lowest BCUT2D eigenvalue weighted by Crippen LogP contribution is -1.97. The molecule has 1 aromatic heterocycles. The minimum atomic E-state index is 0.807. The van der Waals surface area contributed by atoms with Crippen molar-refractivity contribution in [2.24, 2.45) is 0 Å². The van der Waals surface area contributed by atoms with Gasteiger partial charge in [-0.15, -0.1) is 0 Å². The van der Waals surface area contributed by atoms with Crippen LogP contribution in [-0.4, -0.2) is 11.6 Å². The van der Waals surface area contributed by atoms with Crippen LogP contribution in [0.25, 0.3) is 22.4 Å². The van der Waals surface area contributed by atoms with Gasteiger partial charge in [0, 0.05) is 11.8 Å². The van der Waals surface area contributed by atoms with Crippen LogP contribution in [-0.2, 0) is 0 Å². The molecule has 3 aromatic rings. The highest BCUT2D eigenvalue weighted by molar-refractivity contribution is 5.69. The lowest BCUT2D eigenvalue weighted by molar-refractivity contribution is 0.304. The summed E-state index contributed by atoms with van der Waals surface area (Å²) in [5.74, 6) is 0.953. The molecule has 1 heterocycles. The van der Waals surface area contributed by atoms with Crippen molar-refractivity contribution in [1.29, 1.82) is 0 Å². The maximum Gasteiger partial charge on any atom is 0.119 e. The molecular weight excluding hydrogens is 330 g/mol. The molecular formula is C25H29NO. The molecule has 0 spiro atoms. The maximum absolute atomic E-state index is 5.86. The van der Waals surface area contributed by atoms with E-state index >= 15 is 0 Å². The number of hydrogen-bond donors (Lipinski definition) is 0. The summed E-state index contributed by atoms with van der Waals surface area (Å²) in [5.41, 5.74) is 5.74. The van der Waals surface area contributed by atoms with Gasteiger partial charge in [-0.3, -0.25) is 4.98 Å². The average molecular weight is 360 g/mol. The van der Waals surface area contributed by atoms with Crippen LogP contribution in [0.15, 0.2) is 66.9 Å². The molecule has 0 aliphatic heterocycles. The smallest absolute Gasteiger partial charge is 0.119 e. The normalized spacial score (nSPS) is 10.7. The van der Waals surface area contributed by atoms with E-state index in [2.05, 4.69) is 79.5 Å². The first kappa shape index (κ1) is 19.2. The number of pyridine rings is 1. The van der Waals surface area contributed by atoms with Crippen LogP contribution in [0, 0.1) is 6.92 Å². The Morgan fingerprint density at radius 3 is 1.96 bits per heavy atom. The van der Waals surface area contributed by atoms with Crippen molar-refractivity contribution in [1.82, 2.24) is 4.98 Å². The zero-order valence-electron chi connectivity index (χ0n) is 16.4. The minimum absolute atomic E-state index is 0.807. The van der Waals surface area contributed by atoms with Crippen molar-refractivity contribution in [2.75, 3.05) is 6.61 Å². The second-order valence-corrected chi connectivity index (χ2v) is 7.09. The van der Waals surface area contributed by atoms with Crippen molar-refractivity contribution in [3.63, 3.8) is 0 Å². The fourth-order valence-electron chi connectivity index (χ4n) is 3.11. The Bertz CT molecular complexity index is 804. The molecule has 0 atom stereocenters. The van der Waals surface area contributed by atoms with E-state index in [-0.39, 0.29) is 0 Å². The topological polar surface area (TPSA) is 22.1 Å². The van der Waals surface area contributed by atoms with E-state index in [1.165, 1.54) is 42.4 Å². The predicted octanol–water partition coefficient (Wildman–Crippen LogP) is 7.07. The fraction of sp³-hybridized carbons (Fsp3) is 0.320. The molecule has 0 N–H and O–H groups in total. The summed E-state index contributed by atoms with van der Waals surface area (Å²) < 4.78 is 5.86. The van der Waals surface area contributed by atoms with Gasteiger partial charge in [-0.1, -0.05) is 75.1 Å². The van der Waals surface area contributed by atoms with Crippen LogP contribution in [0.3, 0.4) is 0 Å². The van der Waals surface area contributed by atoms with Crippen molar-refractivity contribution in [3.8, 4) is 28.1 Å². The van der Waals surface area contributed by atoms with E-state index in [0.717, 1.165) is 30.0 Å². The largest absolute Gasteiger partial charge is 0.494 e. The van der Waals surface area contributed by atoms with Crippen molar-refractivity contribution in [2.45, 2.75) is 46.0 Å². The molecule has 0 amide bonds. The molecule has 0 radical (unpaired) electrons. The summed E-state index contributed by atoms with van der Waals surface area (Å²) in [6, 6.07) is 21.1.